The minimum Gasteiger partial charge on any atom is -0.496 e. The number of carbonyl (C=O) groups excluding carboxylic acids is 1. The smallest absolute Gasteiger partial charge is 0.239 e. The molecule has 4 rings (SSSR count). The summed E-state index contributed by atoms with van der Waals surface area (Å²) in [5.74, 6) is 2.23. The van der Waals surface area contributed by atoms with Crippen LogP contribution in [-0.4, -0.2) is 52.9 Å². The van der Waals surface area contributed by atoms with Gasteiger partial charge in [-0.25, -0.2) is 0 Å². The molecule has 2 aromatic heterocycles. The Morgan fingerprint density at radius 3 is 2.83 bits per heavy atom. The van der Waals surface area contributed by atoms with Gasteiger partial charge in [0.15, 0.2) is 10.8 Å². The lowest BCUT2D eigenvalue weighted by atomic mass is 9.98. The molecule has 0 atom stereocenters. The molecule has 0 bridgehead atoms. The zero-order valence-electron chi connectivity index (χ0n) is 16.4. The fourth-order valence-corrected chi connectivity index (χ4v) is 4.52. The van der Waals surface area contributed by atoms with Crippen molar-refractivity contribution in [2.75, 3.05) is 32.1 Å². The molecule has 1 fully saturated rings. The van der Waals surface area contributed by atoms with Crippen LogP contribution in [-0.2, 0) is 4.79 Å². The fourth-order valence-electron chi connectivity index (χ4n) is 3.48. The first kappa shape index (κ1) is 19.5. The third-order valence-electron chi connectivity index (χ3n) is 4.98. The van der Waals surface area contributed by atoms with Crippen molar-refractivity contribution in [2.24, 2.45) is 0 Å². The van der Waals surface area contributed by atoms with Crippen molar-refractivity contribution >= 4 is 23.1 Å². The Balaban J connectivity index is 1.32. The Bertz CT molecular complexity index is 978. The monoisotopic (exact) mass is 413 g/mol. The first-order chi connectivity index (χ1) is 14.1. The van der Waals surface area contributed by atoms with Crippen LogP contribution in [0.3, 0.4) is 0 Å². The molecule has 1 amide bonds. The molecule has 0 unspecified atom stereocenters. The second kappa shape index (κ2) is 8.71. The van der Waals surface area contributed by atoms with Crippen LogP contribution >= 0.6 is 11.3 Å². The van der Waals surface area contributed by atoms with Gasteiger partial charge in [0, 0.05) is 12.0 Å². The molecule has 0 radical (unpaired) electrons. The van der Waals surface area contributed by atoms with E-state index in [1.807, 2.05) is 24.3 Å². The molecule has 0 aliphatic carbocycles. The van der Waals surface area contributed by atoms with E-state index >= 15 is 0 Å². The number of nitrogens with zero attached hydrogens (tertiary/aromatic N) is 4. The summed E-state index contributed by atoms with van der Waals surface area (Å²) >= 11 is 1.62. The number of piperidine rings is 1. The van der Waals surface area contributed by atoms with Crippen molar-refractivity contribution in [2.45, 2.75) is 25.7 Å². The summed E-state index contributed by atoms with van der Waals surface area (Å²) in [6.45, 7) is 3.83. The Kier molecular flexibility index (Phi) is 5.86. The highest BCUT2D eigenvalue weighted by atomic mass is 32.1. The standard InChI is InChI=1S/C20H23N5O3S/c1-13-11-17(24-28-13)21-18(26)12-25-9-7-14(8-10-25)19-22-23-20(29-19)15-5-3-4-6-16(15)27-2/h3-6,11,14H,7-10,12H2,1-2H3,(H,21,24,26). The van der Waals surface area contributed by atoms with E-state index in [1.165, 1.54) is 0 Å². The van der Waals surface area contributed by atoms with Gasteiger partial charge in [-0.2, -0.15) is 0 Å². The lowest BCUT2D eigenvalue weighted by Gasteiger charge is -2.30. The predicted octanol–water partition coefficient (Wildman–Crippen LogP) is 3.33. The lowest BCUT2D eigenvalue weighted by molar-refractivity contribution is -0.117. The maximum Gasteiger partial charge on any atom is 0.239 e. The molecular formula is C20H23N5O3S. The Morgan fingerprint density at radius 1 is 1.31 bits per heavy atom. The second-order valence-corrected chi connectivity index (χ2v) is 8.08. The number of rotatable bonds is 6. The van der Waals surface area contributed by atoms with E-state index in [2.05, 4.69) is 25.6 Å². The highest BCUT2D eigenvalue weighted by Gasteiger charge is 2.25. The molecule has 0 spiro atoms. The van der Waals surface area contributed by atoms with Gasteiger partial charge in [0.1, 0.15) is 16.5 Å². The molecule has 3 aromatic rings. The number of ether oxygens (including phenoxy) is 1. The van der Waals surface area contributed by atoms with Gasteiger partial charge in [0.25, 0.3) is 0 Å². The number of hydrogen-bond donors (Lipinski definition) is 1. The number of likely N-dealkylation sites (tertiary alicyclic amines) is 1. The van der Waals surface area contributed by atoms with Gasteiger partial charge >= 0.3 is 0 Å². The van der Waals surface area contributed by atoms with Crippen LogP contribution in [0.15, 0.2) is 34.9 Å². The van der Waals surface area contributed by atoms with Crippen molar-refractivity contribution in [3.05, 3.63) is 41.1 Å². The third-order valence-corrected chi connectivity index (χ3v) is 6.10. The average Bonchev–Trinajstić information content (AvgIpc) is 3.38. The predicted molar refractivity (Wildman–Crippen MR) is 110 cm³/mol. The number of amides is 1. The van der Waals surface area contributed by atoms with E-state index in [0.29, 0.717) is 24.0 Å². The third kappa shape index (κ3) is 4.63. The number of benzene rings is 1. The number of methoxy groups -OCH3 is 1. The molecule has 0 saturated carbocycles. The average molecular weight is 414 g/mol. The Labute approximate surface area is 172 Å². The molecule has 1 aliphatic heterocycles. The maximum atomic E-state index is 12.2. The largest absolute Gasteiger partial charge is 0.496 e. The molecule has 3 heterocycles. The number of hydrogen-bond acceptors (Lipinski definition) is 8. The summed E-state index contributed by atoms with van der Waals surface area (Å²) in [5.41, 5.74) is 0.968. The van der Waals surface area contributed by atoms with Crippen molar-refractivity contribution in [1.29, 1.82) is 0 Å². The number of para-hydroxylation sites is 1. The minimum atomic E-state index is -0.0777. The van der Waals surface area contributed by atoms with Crippen LogP contribution in [0.2, 0.25) is 0 Å². The van der Waals surface area contributed by atoms with E-state index in [9.17, 15) is 4.79 Å². The number of anilines is 1. The Morgan fingerprint density at radius 2 is 2.10 bits per heavy atom. The van der Waals surface area contributed by atoms with Gasteiger partial charge in [0.05, 0.1) is 19.2 Å². The second-order valence-electron chi connectivity index (χ2n) is 7.07. The molecule has 1 aliphatic rings. The maximum absolute atomic E-state index is 12.2. The van der Waals surface area contributed by atoms with E-state index in [4.69, 9.17) is 9.26 Å². The summed E-state index contributed by atoms with van der Waals surface area (Å²) in [6, 6.07) is 9.56. The van der Waals surface area contributed by atoms with Crippen LogP contribution in [0.25, 0.3) is 10.6 Å². The quantitative estimate of drug-likeness (QED) is 0.662. The van der Waals surface area contributed by atoms with Crippen molar-refractivity contribution < 1.29 is 14.1 Å². The summed E-state index contributed by atoms with van der Waals surface area (Å²) in [4.78, 5) is 14.3. The summed E-state index contributed by atoms with van der Waals surface area (Å²) in [6.07, 6.45) is 1.91. The minimum absolute atomic E-state index is 0.0777. The van der Waals surface area contributed by atoms with Gasteiger partial charge in [0.2, 0.25) is 5.91 Å². The SMILES string of the molecule is COc1ccccc1-c1nnc(C2CCN(CC(=O)Nc3cc(C)on3)CC2)s1. The normalized spacial score (nSPS) is 15.4. The van der Waals surface area contributed by atoms with Gasteiger partial charge in [-0.05, 0) is 45.0 Å². The van der Waals surface area contributed by atoms with Gasteiger partial charge in [-0.1, -0.05) is 28.6 Å². The topological polar surface area (TPSA) is 93.4 Å². The van der Waals surface area contributed by atoms with Gasteiger partial charge < -0.3 is 14.6 Å². The lowest BCUT2D eigenvalue weighted by Crippen LogP contribution is -2.38. The molecule has 9 heteroatoms. The Hall–Kier alpha value is -2.78. The van der Waals surface area contributed by atoms with E-state index in [0.717, 1.165) is 47.3 Å². The molecule has 1 saturated heterocycles. The first-order valence-corrected chi connectivity index (χ1v) is 10.4. The number of carbonyl (C=O) groups is 1. The molecule has 152 valence electrons. The molecule has 29 heavy (non-hydrogen) atoms. The van der Waals surface area contributed by atoms with Crippen LogP contribution in [0.4, 0.5) is 5.82 Å². The van der Waals surface area contributed by atoms with Crippen molar-refractivity contribution in [3.63, 3.8) is 0 Å². The summed E-state index contributed by atoms with van der Waals surface area (Å²) in [7, 11) is 1.66. The summed E-state index contributed by atoms with van der Waals surface area (Å²) < 4.78 is 10.4. The molecule has 1 N–H and O–H groups in total. The van der Waals surface area contributed by atoms with Crippen LogP contribution in [0.5, 0.6) is 5.75 Å². The highest BCUT2D eigenvalue weighted by Crippen LogP contribution is 2.36. The van der Waals surface area contributed by atoms with Crippen LogP contribution in [0.1, 0.15) is 29.5 Å². The molecule has 8 nitrogen and oxygen atoms in total. The van der Waals surface area contributed by atoms with Crippen LogP contribution < -0.4 is 10.1 Å². The molecule has 1 aromatic carbocycles. The first-order valence-electron chi connectivity index (χ1n) is 9.54. The van der Waals surface area contributed by atoms with Gasteiger partial charge in [-0.15, -0.1) is 10.2 Å². The summed E-state index contributed by atoms with van der Waals surface area (Å²) in [5, 5.41) is 17.3. The highest BCUT2D eigenvalue weighted by molar-refractivity contribution is 7.14. The van der Waals surface area contributed by atoms with Gasteiger partial charge in [-0.3, -0.25) is 9.69 Å². The zero-order chi connectivity index (χ0) is 20.2. The van der Waals surface area contributed by atoms with E-state index in [-0.39, 0.29) is 5.91 Å². The number of aryl methyl sites for hydroxylation is 1. The zero-order valence-corrected chi connectivity index (χ0v) is 17.2. The van der Waals surface area contributed by atoms with E-state index in [1.54, 1.807) is 31.4 Å². The van der Waals surface area contributed by atoms with Crippen LogP contribution in [0, 0.1) is 6.92 Å². The number of aromatic nitrogens is 3. The van der Waals surface area contributed by atoms with Crippen molar-refractivity contribution in [3.8, 4) is 16.3 Å². The molecular weight excluding hydrogens is 390 g/mol. The fraction of sp³-hybridized carbons (Fsp3) is 0.400. The van der Waals surface area contributed by atoms with E-state index < -0.39 is 0 Å². The number of nitrogens with one attached hydrogen (secondary N) is 1. The van der Waals surface area contributed by atoms with Crippen molar-refractivity contribution in [1.82, 2.24) is 20.3 Å².